The zero-order chi connectivity index (χ0) is 27.2. The van der Waals surface area contributed by atoms with Crippen LogP contribution in [0.3, 0.4) is 0 Å². The van der Waals surface area contributed by atoms with Crippen LogP contribution in [0.5, 0.6) is 23.0 Å². The van der Waals surface area contributed by atoms with Gasteiger partial charge in [0.15, 0.2) is 18.1 Å². The Hall–Kier alpha value is -4.59. The van der Waals surface area contributed by atoms with Crippen LogP contribution in [0.1, 0.15) is 41.8 Å². The number of hydrogen-bond acceptors (Lipinski definition) is 7. The fourth-order valence-corrected chi connectivity index (χ4v) is 3.35. The summed E-state index contributed by atoms with van der Waals surface area (Å²) in [6.07, 6.45) is 4.78. The van der Waals surface area contributed by atoms with Gasteiger partial charge in [0.1, 0.15) is 11.5 Å². The van der Waals surface area contributed by atoms with Gasteiger partial charge in [0.05, 0.1) is 25.0 Å². The van der Waals surface area contributed by atoms with Gasteiger partial charge in [-0.3, -0.25) is 4.79 Å². The molecule has 8 heteroatoms. The molecule has 3 rings (SSSR count). The Labute approximate surface area is 222 Å². The van der Waals surface area contributed by atoms with Crippen molar-refractivity contribution in [2.24, 2.45) is 5.10 Å². The van der Waals surface area contributed by atoms with Crippen molar-refractivity contribution in [3.63, 3.8) is 0 Å². The number of hydrazone groups is 1. The van der Waals surface area contributed by atoms with Crippen LogP contribution in [-0.4, -0.2) is 37.9 Å². The zero-order valence-corrected chi connectivity index (χ0v) is 21.6. The summed E-state index contributed by atoms with van der Waals surface area (Å²) in [7, 11) is 0. The van der Waals surface area contributed by atoms with Crippen molar-refractivity contribution < 1.29 is 28.5 Å². The molecule has 0 aliphatic rings. The first-order chi connectivity index (χ1) is 18.5. The molecule has 0 spiro atoms. The fourth-order valence-electron chi connectivity index (χ4n) is 3.35. The number of carbonyl (C=O) groups excluding carboxylic acids is 2. The minimum atomic E-state index is -0.517. The maximum Gasteiger partial charge on any atom is 0.343 e. The van der Waals surface area contributed by atoms with Gasteiger partial charge < -0.3 is 18.9 Å². The molecule has 0 unspecified atom stereocenters. The van der Waals surface area contributed by atoms with Crippen LogP contribution in [0.4, 0.5) is 0 Å². The number of hydrogen-bond donors (Lipinski definition) is 1. The molecule has 38 heavy (non-hydrogen) atoms. The normalized spacial score (nSPS) is 10.6. The molecule has 8 nitrogen and oxygen atoms in total. The standard InChI is InChI=1S/C30H32N2O6/c1-4-9-23-10-7-8-11-26(23)37-21-29(33)32-31-20-22-12-17-27(28(19-22)35-6-3)38-30(34)24-13-15-25(16-14-24)36-18-5-2/h4,7-8,10-17,19-20H,1,5-6,9,18,21H2,2-3H3,(H,32,33)/b31-20+. The van der Waals surface area contributed by atoms with Gasteiger partial charge in [-0.05, 0) is 79.4 Å². The third kappa shape index (κ3) is 8.51. The van der Waals surface area contributed by atoms with Crippen molar-refractivity contribution in [3.8, 4) is 23.0 Å². The van der Waals surface area contributed by atoms with Gasteiger partial charge in [0.25, 0.3) is 5.91 Å². The van der Waals surface area contributed by atoms with Gasteiger partial charge in [0.2, 0.25) is 0 Å². The Bertz CT molecular complexity index is 1250. The molecule has 0 atom stereocenters. The van der Waals surface area contributed by atoms with Gasteiger partial charge in [-0.15, -0.1) is 6.58 Å². The number of para-hydroxylation sites is 1. The topological polar surface area (TPSA) is 95.5 Å². The van der Waals surface area contributed by atoms with Crippen LogP contribution in [-0.2, 0) is 11.2 Å². The first-order valence-corrected chi connectivity index (χ1v) is 12.4. The summed E-state index contributed by atoms with van der Waals surface area (Å²) in [5.74, 6) is 1.04. The van der Waals surface area contributed by atoms with Crippen LogP contribution in [0, 0.1) is 0 Å². The molecule has 0 aromatic heterocycles. The molecule has 198 valence electrons. The number of ether oxygens (including phenoxy) is 4. The first-order valence-electron chi connectivity index (χ1n) is 12.4. The second-order valence-electron chi connectivity index (χ2n) is 8.08. The number of amides is 1. The van der Waals surface area contributed by atoms with E-state index in [0.29, 0.717) is 48.0 Å². The molecule has 0 saturated carbocycles. The number of carbonyl (C=O) groups is 2. The maximum atomic E-state index is 12.6. The van der Waals surface area contributed by atoms with Crippen molar-refractivity contribution in [1.29, 1.82) is 0 Å². The SMILES string of the molecule is C=CCc1ccccc1OCC(=O)N/N=C/c1ccc(OC(=O)c2ccc(OCCC)cc2)c(OCC)c1. The summed E-state index contributed by atoms with van der Waals surface area (Å²) < 4.78 is 22.4. The van der Waals surface area contributed by atoms with Crippen LogP contribution in [0.2, 0.25) is 0 Å². The van der Waals surface area contributed by atoms with Crippen molar-refractivity contribution >= 4 is 18.1 Å². The lowest BCUT2D eigenvalue weighted by Crippen LogP contribution is -2.24. The highest BCUT2D eigenvalue weighted by atomic mass is 16.6. The average molecular weight is 517 g/mol. The highest BCUT2D eigenvalue weighted by Crippen LogP contribution is 2.29. The van der Waals surface area contributed by atoms with Crippen molar-refractivity contribution in [2.75, 3.05) is 19.8 Å². The molecule has 1 N–H and O–H groups in total. The van der Waals surface area contributed by atoms with Crippen molar-refractivity contribution in [1.82, 2.24) is 5.43 Å². The third-order valence-electron chi connectivity index (χ3n) is 5.13. The van der Waals surface area contributed by atoms with Gasteiger partial charge in [-0.1, -0.05) is 31.2 Å². The van der Waals surface area contributed by atoms with Crippen molar-refractivity contribution in [3.05, 3.63) is 96.1 Å². The average Bonchev–Trinajstić information content (AvgIpc) is 2.93. The summed E-state index contributed by atoms with van der Waals surface area (Å²) in [6, 6.07) is 19.2. The van der Waals surface area contributed by atoms with E-state index in [1.807, 2.05) is 32.0 Å². The van der Waals surface area contributed by atoms with Crippen molar-refractivity contribution in [2.45, 2.75) is 26.7 Å². The van der Waals surface area contributed by atoms with Crippen LogP contribution in [0.25, 0.3) is 0 Å². The Morgan fingerprint density at radius 2 is 1.71 bits per heavy atom. The monoisotopic (exact) mass is 516 g/mol. The van der Waals surface area contributed by atoms with Crippen LogP contribution < -0.4 is 24.4 Å². The molecule has 0 aliphatic carbocycles. The highest BCUT2D eigenvalue weighted by Gasteiger charge is 2.14. The first kappa shape index (κ1) is 28.0. The number of benzene rings is 3. The molecule has 0 radical (unpaired) electrons. The molecule has 0 heterocycles. The summed E-state index contributed by atoms with van der Waals surface area (Å²) in [5, 5.41) is 3.99. The van der Waals surface area contributed by atoms with Gasteiger partial charge >= 0.3 is 5.97 Å². The number of nitrogens with one attached hydrogen (secondary N) is 1. The van der Waals surface area contributed by atoms with E-state index in [9.17, 15) is 9.59 Å². The lowest BCUT2D eigenvalue weighted by atomic mass is 10.1. The molecule has 1 amide bonds. The second-order valence-corrected chi connectivity index (χ2v) is 8.08. The summed E-state index contributed by atoms with van der Waals surface area (Å²) >= 11 is 0. The van der Waals surface area contributed by atoms with E-state index in [1.165, 1.54) is 6.21 Å². The molecule has 0 bridgehead atoms. The fraction of sp³-hybridized carbons (Fsp3) is 0.233. The van der Waals surface area contributed by atoms with E-state index in [-0.39, 0.29) is 12.4 Å². The predicted octanol–water partition coefficient (Wildman–Crippen LogP) is 5.35. The van der Waals surface area contributed by atoms with E-state index in [1.54, 1.807) is 54.6 Å². The Morgan fingerprint density at radius 3 is 2.45 bits per heavy atom. The van der Waals surface area contributed by atoms with E-state index < -0.39 is 11.9 Å². The largest absolute Gasteiger partial charge is 0.494 e. The molecule has 0 saturated heterocycles. The highest BCUT2D eigenvalue weighted by molar-refractivity contribution is 5.92. The molecular formula is C30H32N2O6. The summed E-state index contributed by atoms with van der Waals surface area (Å²) in [5.41, 5.74) is 4.41. The number of allylic oxidation sites excluding steroid dienone is 1. The zero-order valence-electron chi connectivity index (χ0n) is 21.6. The molecule has 3 aromatic carbocycles. The maximum absolute atomic E-state index is 12.6. The molecular weight excluding hydrogens is 484 g/mol. The van der Waals surface area contributed by atoms with Crippen LogP contribution in [0.15, 0.2) is 84.5 Å². The molecule has 3 aromatic rings. The quantitative estimate of drug-likeness (QED) is 0.102. The number of nitrogens with zero attached hydrogens (tertiary/aromatic N) is 1. The minimum Gasteiger partial charge on any atom is -0.494 e. The van der Waals surface area contributed by atoms with Gasteiger partial charge in [-0.25, -0.2) is 10.2 Å². The lowest BCUT2D eigenvalue weighted by Gasteiger charge is -2.12. The smallest absolute Gasteiger partial charge is 0.343 e. The van der Waals surface area contributed by atoms with E-state index in [2.05, 4.69) is 17.1 Å². The molecule has 0 aliphatic heterocycles. The summed E-state index contributed by atoms with van der Waals surface area (Å²) in [4.78, 5) is 24.8. The predicted molar refractivity (Wildman–Crippen MR) is 146 cm³/mol. The lowest BCUT2D eigenvalue weighted by molar-refractivity contribution is -0.123. The van der Waals surface area contributed by atoms with E-state index in [0.717, 1.165) is 12.0 Å². The Kier molecular flexibility index (Phi) is 10.9. The third-order valence-corrected chi connectivity index (χ3v) is 5.13. The minimum absolute atomic E-state index is 0.184. The Morgan fingerprint density at radius 1 is 0.921 bits per heavy atom. The van der Waals surface area contributed by atoms with Gasteiger partial charge in [-0.2, -0.15) is 5.10 Å². The van der Waals surface area contributed by atoms with E-state index >= 15 is 0 Å². The number of rotatable bonds is 14. The second kappa shape index (κ2) is 14.8. The van der Waals surface area contributed by atoms with Gasteiger partial charge in [0, 0.05) is 0 Å². The molecule has 0 fully saturated rings. The number of esters is 1. The summed E-state index contributed by atoms with van der Waals surface area (Å²) in [6.45, 7) is 8.38. The Balaban J connectivity index is 1.58. The van der Waals surface area contributed by atoms with Crippen LogP contribution >= 0.6 is 0 Å². The van der Waals surface area contributed by atoms with E-state index in [4.69, 9.17) is 18.9 Å².